The lowest BCUT2D eigenvalue weighted by atomic mass is 10.3. The predicted molar refractivity (Wildman–Crippen MR) is 44.4 cm³/mol. The molecule has 0 saturated carbocycles. The first-order chi connectivity index (χ1) is 5.86. The molecule has 0 aromatic carbocycles. The highest BCUT2D eigenvalue weighted by atomic mass is 35.5. The summed E-state index contributed by atoms with van der Waals surface area (Å²) in [6.45, 7) is 1.77. The summed E-state index contributed by atoms with van der Waals surface area (Å²) in [5.41, 5.74) is 0. The highest BCUT2D eigenvalue weighted by Crippen LogP contribution is 2.21. The quantitative estimate of drug-likeness (QED) is 0.695. The number of halogens is 1. The first-order valence-corrected chi connectivity index (χ1v) is 4.70. The van der Waals surface area contributed by atoms with Gasteiger partial charge in [-0.25, -0.2) is 4.98 Å². The number of rotatable bonds is 1. The molecule has 1 saturated heterocycles. The maximum Gasteiger partial charge on any atom is 0.203 e. The molecule has 1 unspecified atom stereocenters. The lowest BCUT2D eigenvalue weighted by molar-refractivity contribution is -0.0931. The van der Waals surface area contributed by atoms with Crippen molar-refractivity contribution < 1.29 is 9.47 Å². The maximum absolute atomic E-state index is 5.63. The second-order valence-corrected chi connectivity index (χ2v) is 3.67. The molecule has 0 bridgehead atoms. The zero-order valence-corrected chi connectivity index (χ0v) is 7.77. The molecule has 1 aromatic rings. The topological polar surface area (TPSA) is 44.2 Å². The Hall–Kier alpha value is -0.230. The fourth-order valence-electron chi connectivity index (χ4n) is 0.983. The van der Waals surface area contributed by atoms with Crippen LogP contribution < -0.4 is 0 Å². The number of aromatic nitrogens is 2. The summed E-state index contributed by atoms with van der Waals surface area (Å²) in [4.78, 5) is 4.00. The number of hydrogen-bond donors (Lipinski definition) is 0. The fraction of sp³-hybridized carbons (Fsp3) is 0.667. The van der Waals surface area contributed by atoms with E-state index < -0.39 is 0 Å². The second kappa shape index (κ2) is 3.66. The molecule has 0 aliphatic carbocycles. The van der Waals surface area contributed by atoms with E-state index in [0.717, 1.165) is 0 Å². The van der Waals surface area contributed by atoms with Gasteiger partial charge in [0.25, 0.3) is 0 Å². The smallest absolute Gasteiger partial charge is 0.203 e. The van der Waals surface area contributed by atoms with E-state index in [-0.39, 0.29) is 6.10 Å². The minimum absolute atomic E-state index is 0.137. The van der Waals surface area contributed by atoms with Crippen LogP contribution in [0.25, 0.3) is 0 Å². The molecule has 1 fully saturated rings. The van der Waals surface area contributed by atoms with Crippen LogP contribution in [0.3, 0.4) is 0 Å². The van der Waals surface area contributed by atoms with Gasteiger partial charge in [-0.2, -0.15) is 4.37 Å². The van der Waals surface area contributed by atoms with Gasteiger partial charge in [0, 0.05) is 0 Å². The van der Waals surface area contributed by atoms with Crippen molar-refractivity contribution in [1.29, 1.82) is 0 Å². The number of hydrogen-bond acceptors (Lipinski definition) is 5. The van der Waals surface area contributed by atoms with Crippen LogP contribution >= 0.6 is 23.1 Å². The van der Waals surface area contributed by atoms with Gasteiger partial charge in [-0.3, -0.25) is 0 Å². The van der Waals surface area contributed by atoms with Crippen molar-refractivity contribution in [3.63, 3.8) is 0 Å². The molecule has 2 rings (SSSR count). The van der Waals surface area contributed by atoms with Gasteiger partial charge in [-0.1, -0.05) is 0 Å². The Bertz CT molecular complexity index is 262. The average Bonchev–Trinajstić information content (AvgIpc) is 2.54. The zero-order chi connectivity index (χ0) is 8.39. The van der Waals surface area contributed by atoms with Crippen molar-refractivity contribution in [1.82, 2.24) is 9.36 Å². The Balaban J connectivity index is 2.08. The summed E-state index contributed by atoms with van der Waals surface area (Å²) in [5.74, 6) is 0.629. The van der Waals surface area contributed by atoms with Crippen molar-refractivity contribution in [3.05, 3.63) is 10.3 Å². The molecular formula is C6H7ClN2O2S. The van der Waals surface area contributed by atoms with E-state index in [2.05, 4.69) is 9.36 Å². The average molecular weight is 207 g/mol. The van der Waals surface area contributed by atoms with E-state index in [0.29, 0.717) is 30.1 Å². The van der Waals surface area contributed by atoms with Gasteiger partial charge in [0.2, 0.25) is 4.47 Å². The molecule has 12 heavy (non-hydrogen) atoms. The third-order valence-corrected chi connectivity index (χ3v) is 2.33. The number of nitrogens with zero attached hydrogens (tertiary/aromatic N) is 2. The van der Waals surface area contributed by atoms with Crippen LogP contribution in [0, 0.1) is 0 Å². The molecule has 2 heterocycles. The summed E-state index contributed by atoms with van der Waals surface area (Å²) in [6, 6.07) is 0. The first-order valence-electron chi connectivity index (χ1n) is 3.55. The molecule has 0 spiro atoms. The Morgan fingerprint density at radius 3 is 3.00 bits per heavy atom. The molecule has 6 heteroatoms. The van der Waals surface area contributed by atoms with Crippen LogP contribution in [0.1, 0.15) is 11.9 Å². The first kappa shape index (κ1) is 8.37. The van der Waals surface area contributed by atoms with E-state index >= 15 is 0 Å². The van der Waals surface area contributed by atoms with E-state index in [1.807, 2.05) is 0 Å². The van der Waals surface area contributed by atoms with Gasteiger partial charge >= 0.3 is 0 Å². The standard InChI is InChI=1S/C6H7ClN2O2S/c7-6-8-5(9-12-6)4-3-10-1-2-11-4/h4H,1-3H2. The molecule has 1 aromatic heterocycles. The third kappa shape index (κ3) is 1.74. The minimum atomic E-state index is -0.137. The van der Waals surface area contributed by atoms with Gasteiger partial charge in [0.1, 0.15) is 6.10 Å². The van der Waals surface area contributed by atoms with Crippen molar-refractivity contribution >= 4 is 23.1 Å². The molecule has 1 atom stereocenters. The molecule has 1 aliphatic rings. The minimum Gasteiger partial charge on any atom is -0.376 e. The van der Waals surface area contributed by atoms with E-state index in [9.17, 15) is 0 Å². The Morgan fingerprint density at radius 2 is 2.42 bits per heavy atom. The van der Waals surface area contributed by atoms with Gasteiger partial charge in [-0.15, -0.1) is 0 Å². The van der Waals surface area contributed by atoms with E-state index in [1.165, 1.54) is 11.5 Å². The Kier molecular flexibility index (Phi) is 2.55. The summed E-state index contributed by atoms with van der Waals surface area (Å²) in [6.07, 6.45) is -0.137. The van der Waals surface area contributed by atoms with Gasteiger partial charge in [0.05, 0.1) is 19.8 Å². The van der Waals surface area contributed by atoms with Crippen LogP contribution in [-0.2, 0) is 9.47 Å². The van der Waals surface area contributed by atoms with Gasteiger partial charge < -0.3 is 9.47 Å². The molecular weight excluding hydrogens is 200 g/mol. The van der Waals surface area contributed by atoms with Crippen LogP contribution in [0.4, 0.5) is 0 Å². The predicted octanol–water partition coefficient (Wildman–Crippen LogP) is 1.28. The molecule has 0 N–H and O–H groups in total. The maximum atomic E-state index is 5.63. The molecule has 4 nitrogen and oxygen atoms in total. The summed E-state index contributed by atoms with van der Waals surface area (Å²) in [5, 5.41) is 0. The third-order valence-electron chi connectivity index (χ3n) is 1.52. The van der Waals surface area contributed by atoms with Gasteiger partial charge in [0.15, 0.2) is 5.82 Å². The second-order valence-electron chi connectivity index (χ2n) is 2.34. The SMILES string of the molecule is Clc1nc(C2COCCO2)ns1. The highest BCUT2D eigenvalue weighted by Gasteiger charge is 2.20. The van der Waals surface area contributed by atoms with Crippen LogP contribution in [0.5, 0.6) is 0 Å². The normalized spacial score (nSPS) is 24.2. The summed E-state index contributed by atoms with van der Waals surface area (Å²) >= 11 is 6.79. The van der Waals surface area contributed by atoms with Crippen molar-refractivity contribution in [3.8, 4) is 0 Å². The molecule has 0 radical (unpaired) electrons. The molecule has 0 amide bonds. The Labute approximate surface area is 78.6 Å². The van der Waals surface area contributed by atoms with Crippen LogP contribution in [0.2, 0.25) is 4.47 Å². The highest BCUT2D eigenvalue weighted by molar-refractivity contribution is 7.10. The zero-order valence-electron chi connectivity index (χ0n) is 6.20. The van der Waals surface area contributed by atoms with E-state index in [1.54, 1.807) is 0 Å². The van der Waals surface area contributed by atoms with Crippen molar-refractivity contribution in [2.45, 2.75) is 6.10 Å². The number of ether oxygens (including phenoxy) is 2. The van der Waals surface area contributed by atoms with Crippen LogP contribution in [0.15, 0.2) is 0 Å². The van der Waals surface area contributed by atoms with E-state index in [4.69, 9.17) is 21.1 Å². The summed E-state index contributed by atoms with van der Waals surface area (Å²) in [7, 11) is 0. The van der Waals surface area contributed by atoms with Crippen molar-refractivity contribution in [2.75, 3.05) is 19.8 Å². The lowest BCUT2D eigenvalue weighted by Gasteiger charge is -2.19. The van der Waals surface area contributed by atoms with Gasteiger partial charge in [-0.05, 0) is 23.1 Å². The monoisotopic (exact) mass is 206 g/mol. The molecule has 66 valence electrons. The molecule has 1 aliphatic heterocycles. The Morgan fingerprint density at radius 1 is 1.50 bits per heavy atom. The van der Waals surface area contributed by atoms with Crippen LogP contribution in [-0.4, -0.2) is 29.2 Å². The summed E-state index contributed by atoms with van der Waals surface area (Å²) < 4.78 is 15.1. The lowest BCUT2D eigenvalue weighted by Crippen LogP contribution is -2.22. The fourth-order valence-corrected chi connectivity index (χ4v) is 1.63. The van der Waals surface area contributed by atoms with Crippen molar-refractivity contribution in [2.24, 2.45) is 0 Å². The largest absolute Gasteiger partial charge is 0.376 e.